The van der Waals surface area contributed by atoms with Gasteiger partial charge in [0.05, 0.1) is 10.6 Å². The normalized spacial score (nSPS) is 10.8. The molecule has 0 amide bonds. The van der Waals surface area contributed by atoms with Crippen LogP contribution in [-0.4, -0.2) is 19.8 Å². The Balaban J connectivity index is 2.43. The van der Waals surface area contributed by atoms with Crippen LogP contribution >= 0.6 is 0 Å². The molecular formula is C12H8N4O4. The Morgan fingerprint density at radius 2 is 1.80 bits per heavy atom. The molecule has 3 rings (SSSR count). The first-order valence-electron chi connectivity index (χ1n) is 5.67. The summed E-state index contributed by atoms with van der Waals surface area (Å²) in [4.78, 5) is 26.4. The minimum absolute atomic E-state index is 0.147. The molecule has 0 fully saturated rings. The van der Waals surface area contributed by atoms with E-state index in [2.05, 4.69) is 9.97 Å². The van der Waals surface area contributed by atoms with Crippen LogP contribution in [0.4, 0.5) is 11.5 Å². The quantitative estimate of drug-likeness (QED) is 0.562. The van der Waals surface area contributed by atoms with Gasteiger partial charge in [0.15, 0.2) is 0 Å². The molecule has 20 heavy (non-hydrogen) atoms. The van der Waals surface area contributed by atoms with Crippen LogP contribution in [0.3, 0.4) is 0 Å². The molecule has 8 nitrogen and oxygen atoms in total. The minimum Gasteiger partial charge on any atom is -0.361 e. The lowest BCUT2D eigenvalue weighted by Crippen LogP contribution is -1.90. The fourth-order valence-corrected chi connectivity index (χ4v) is 2.24. The van der Waals surface area contributed by atoms with Crippen molar-refractivity contribution in [1.82, 2.24) is 9.97 Å². The Morgan fingerprint density at radius 1 is 1.00 bits per heavy atom. The molecule has 100 valence electrons. The third kappa shape index (κ3) is 1.62. The predicted molar refractivity (Wildman–Crippen MR) is 71.4 cm³/mol. The topological polar surface area (TPSA) is 118 Å². The largest absolute Gasteiger partial charge is 0.361 e. The number of benzene rings is 1. The van der Waals surface area contributed by atoms with Crippen molar-refractivity contribution in [2.45, 2.75) is 0 Å². The molecule has 0 aliphatic rings. The highest BCUT2D eigenvalue weighted by Crippen LogP contribution is 2.39. The summed E-state index contributed by atoms with van der Waals surface area (Å²) in [6, 6.07) is 7.80. The van der Waals surface area contributed by atoms with Crippen molar-refractivity contribution >= 4 is 22.4 Å². The SMILES string of the molecule is O=[N+]([O-])c1[nH]c2c([N+](=O)[O-])cccc2c1-c1ccc[nH]1. The number of nitrogens with zero attached hydrogens (tertiary/aromatic N) is 2. The van der Waals surface area contributed by atoms with Crippen LogP contribution in [0.25, 0.3) is 22.2 Å². The summed E-state index contributed by atoms with van der Waals surface area (Å²) in [5.41, 5.74) is 0.805. The second-order valence-corrected chi connectivity index (χ2v) is 4.15. The first-order valence-corrected chi connectivity index (χ1v) is 5.67. The molecule has 0 aliphatic carbocycles. The van der Waals surface area contributed by atoms with E-state index in [0.717, 1.165) is 0 Å². The van der Waals surface area contributed by atoms with Gasteiger partial charge < -0.3 is 15.1 Å². The smallest absolute Gasteiger partial charge is 0.331 e. The van der Waals surface area contributed by atoms with Gasteiger partial charge in [-0.15, -0.1) is 0 Å². The number of nitro benzene ring substituents is 1. The lowest BCUT2D eigenvalue weighted by atomic mass is 10.1. The summed E-state index contributed by atoms with van der Waals surface area (Å²) in [5, 5.41) is 22.6. The van der Waals surface area contributed by atoms with Crippen LogP contribution in [0.1, 0.15) is 0 Å². The van der Waals surface area contributed by atoms with Crippen molar-refractivity contribution in [2.75, 3.05) is 0 Å². The second kappa shape index (κ2) is 4.19. The van der Waals surface area contributed by atoms with Gasteiger partial charge in [-0.1, -0.05) is 6.07 Å². The Hall–Kier alpha value is -3.16. The molecule has 8 heteroatoms. The Bertz CT molecular complexity index is 819. The van der Waals surface area contributed by atoms with Crippen molar-refractivity contribution in [3.05, 3.63) is 56.8 Å². The van der Waals surface area contributed by atoms with Gasteiger partial charge in [-0.25, -0.2) is 4.98 Å². The number of aromatic amines is 2. The van der Waals surface area contributed by atoms with Gasteiger partial charge in [-0.2, -0.15) is 0 Å². The average molecular weight is 272 g/mol. The second-order valence-electron chi connectivity index (χ2n) is 4.15. The summed E-state index contributed by atoms with van der Waals surface area (Å²) in [5.74, 6) is -0.267. The van der Waals surface area contributed by atoms with Crippen molar-refractivity contribution in [1.29, 1.82) is 0 Å². The number of non-ortho nitro benzene ring substituents is 1. The van der Waals surface area contributed by atoms with Crippen molar-refractivity contribution < 1.29 is 9.85 Å². The predicted octanol–water partition coefficient (Wildman–Crippen LogP) is 2.98. The number of hydrogen-bond donors (Lipinski definition) is 2. The molecule has 3 aromatic rings. The van der Waals surface area contributed by atoms with Crippen molar-refractivity contribution in [2.24, 2.45) is 0 Å². The fraction of sp³-hybridized carbons (Fsp3) is 0. The van der Waals surface area contributed by atoms with Crippen molar-refractivity contribution in [3.8, 4) is 11.3 Å². The molecule has 0 saturated heterocycles. The highest BCUT2D eigenvalue weighted by atomic mass is 16.6. The number of aromatic nitrogens is 2. The van der Waals surface area contributed by atoms with Crippen LogP contribution < -0.4 is 0 Å². The van der Waals surface area contributed by atoms with E-state index in [0.29, 0.717) is 16.6 Å². The lowest BCUT2D eigenvalue weighted by Gasteiger charge is -1.97. The third-order valence-corrected chi connectivity index (χ3v) is 3.04. The lowest BCUT2D eigenvalue weighted by molar-refractivity contribution is -0.389. The Labute approximate surface area is 111 Å². The summed E-state index contributed by atoms with van der Waals surface area (Å²) in [6.07, 6.45) is 1.63. The van der Waals surface area contributed by atoms with Gasteiger partial charge in [-0.3, -0.25) is 10.1 Å². The summed E-state index contributed by atoms with van der Waals surface area (Å²) in [7, 11) is 0. The van der Waals surface area contributed by atoms with Gasteiger partial charge >= 0.3 is 11.5 Å². The highest BCUT2D eigenvalue weighted by molar-refractivity contribution is 6.03. The molecule has 0 atom stereocenters. The monoisotopic (exact) mass is 272 g/mol. The van der Waals surface area contributed by atoms with Gasteiger partial charge in [0, 0.05) is 17.6 Å². The molecule has 0 unspecified atom stereocenters. The molecule has 0 radical (unpaired) electrons. The minimum atomic E-state index is -0.583. The van der Waals surface area contributed by atoms with E-state index in [1.54, 1.807) is 24.4 Å². The zero-order valence-corrected chi connectivity index (χ0v) is 9.99. The molecule has 2 heterocycles. The Morgan fingerprint density at radius 3 is 2.40 bits per heavy atom. The van der Waals surface area contributed by atoms with E-state index in [1.807, 2.05) is 0 Å². The number of H-pyrrole nitrogens is 2. The molecule has 1 aromatic carbocycles. The molecule has 0 saturated carbocycles. The van der Waals surface area contributed by atoms with Crippen LogP contribution in [-0.2, 0) is 0 Å². The van der Waals surface area contributed by atoms with Gasteiger partial charge in [0.25, 0.3) is 0 Å². The summed E-state index contributed by atoms with van der Waals surface area (Å²) < 4.78 is 0. The van der Waals surface area contributed by atoms with Crippen LogP contribution in [0.2, 0.25) is 0 Å². The number of hydrogen-bond acceptors (Lipinski definition) is 4. The van der Waals surface area contributed by atoms with Crippen LogP contribution in [0, 0.1) is 20.2 Å². The van der Waals surface area contributed by atoms with E-state index < -0.39 is 9.85 Å². The summed E-state index contributed by atoms with van der Waals surface area (Å²) in [6.45, 7) is 0. The number of fused-ring (bicyclic) bond motifs is 1. The van der Waals surface area contributed by atoms with E-state index in [1.165, 1.54) is 12.1 Å². The van der Waals surface area contributed by atoms with Gasteiger partial charge in [0.1, 0.15) is 5.56 Å². The van der Waals surface area contributed by atoms with Gasteiger partial charge in [-0.05, 0) is 23.1 Å². The van der Waals surface area contributed by atoms with E-state index in [4.69, 9.17) is 0 Å². The van der Waals surface area contributed by atoms with E-state index >= 15 is 0 Å². The first-order chi connectivity index (χ1) is 9.59. The molecule has 0 spiro atoms. The molecule has 0 bridgehead atoms. The number of nitro groups is 2. The average Bonchev–Trinajstić information content (AvgIpc) is 3.03. The maximum atomic E-state index is 11.2. The van der Waals surface area contributed by atoms with Gasteiger partial charge in [0.2, 0.25) is 5.52 Å². The third-order valence-electron chi connectivity index (χ3n) is 3.04. The molecule has 2 aromatic heterocycles. The van der Waals surface area contributed by atoms with E-state index in [-0.39, 0.29) is 17.0 Å². The molecule has 0 aliphatic heterocycles. The zero-order chi connectivity index (χ0) is 14.3. The van der Waals surface area contributed by atoms with Crippen molar-refractivity contribution in [3.63, 3.8) is 0 Å². The first kappa shape index (κ1) is 11.9. The van der Waals surface area contributed by atoms with E-state index in [9.17, 15) is 20.2 Å². The summed E-state index contributed by atoms with van der Waals surface area (Å²) >= 11 is 0. The maximum absolute atomic E-state index is 11.2. The standard InChI is InChI=1S/C12H8N4O4/c17-15(18)9-5-1-3-7-10(8-4-2-6-13-8)12(16(19)20)14-11(7)9/h1-6,13-14H. The fourth-order valence-electron chi connectivity index (χ4n) is 2.24. The van der Waals surface area contributed by atoms with Crippen LogP contribution in [0.15, 0.2) is 36.5 Å². The Kier molecular flexibility index (Phi) is 2.50. The highest BCUT2D eigenvalue weighted by Gasteiger charge is 2.27. The number of rotatable bonds is 3. The van der Waals surface area contributed by atoms with Crippen LogP contribution in [0.5, 0.6) is 0 Å². The number of para-hydroxylation sites is 1. The maximum Gasteiger partial charge on any atom is 0.331 e. The zero-order valence-electron chi connectivity index (χ0n) is 9.99. The molecular weight excluding hydrogens is 264 g/mol. The number of nitrogens with one attached hydrogen (secondary N) is 2. The molecule has 2 N–H and O–H groups in total.